The molecule has 2 heterocycles. The highest BCUT2D eigenvalue weighted by molar-refractivity contribution is 5.86. The molecule has 1 fully saturated rings. The molecule has 0 bridgehead atoms. The van der Waals surface area contributed by atoms with Gasteiger partial charge in [0, 0.05) is 25.4 Å². The van der Waals surface area contributed by atoms with Gasteiger partial charge in [-0.25, -0.2) is 9.78 Å². The zero-order chi connectivity index (χ0) is 22.6. The third kappa shape index (κ3) is 6.20. The Morgan fingerprint density at radius 2 is 1.97 bits per heavy atom. The molecule has 166 valence electrons. The van der Waals surface area contributed by atoms with E-state index in [-0.39, 0.29) is 5.91 Å². The van der Waals surface area contributed by atoms with Gasteiger partial charge in [0.05, 0.1) is 0 Å². The number of aromatic nitrogens is 1. The Morgan fingerprint density at radius 1 is 1.19 bits per heavy atom. The van der Waals surface area contributed by atoms with E-state index in [9.17, 15) is 9.59 Å². The van der Waals surface area contributed by atoms with Crippen LogP contribution in [0.5, 0.6) is 11.6 Å². The molecule has 1 atom stereocenters. The summed E-state index contributed by atoms with van der Waals surface area (Å²) in [6.07, 6.45) is 2.65. The van der Waals surface area contributed by atoms with Gasteiger partial charge in [-0.2, -0.15) is 0 Å². The normalized spacial score (nSPS) is 16.2. The van der Waals surface area contributed by atoms with Crippen molar-refractivity contribution in [1.82, 2.24) is 15.2 Å². The fraction of sp³-hybridized carbons (Fsp3) is 0.458. The Balaban J connectivity index is 1.55. The largest absolute Gasteiger partial charge is 0.444 e. The molecule has 1 saturated heterocycles. The van der Waals surface area contributed by atoms with E-state index in [2.05, 4.69) is 10.3 Å². The van der Waals surface area contributed by atoms with Crippen molar-refractivity contribution < 1.29 is 19.1 Å². The predicted molar refractivity (Wildman–Crippen MR) is 118 cm³/mol. The average Bonchev–Trinajstić information content (AvgIpc) is 3.19. The summed E-state index contributed by atoms with van der Waals surface area (Å²) in [7, 11) is 0. The first-order chi connectivity index (χ1) is 14.6. The molecule has 1 aromatic heterocycles. The lowest BCUT2D eigenvalue weighted by Crippen LogP contribution is -2.47. The number of pyridine rings is 1. The van der Waals surface area contributed by atoms with Gasteiger partial charge in [-0.15, -0.1) is 0 Å². The van der Waals surface area contributed by atoms with E-state index in [1.807, 2.05) is 58.9 Å². The minimum absolute atomic E-state index is 0.181. The molecule has 0 spiro atoms. The van der Waals surface area contributed by atoms with Crippen LogP contribution >= 0.6 is 0 Å². The summed E-state index contributed by atoms with van der Waals surface area (Å²) in [5.41, 5.74) is 2.42. The van der Waals surface area contributed by atoms with Crippen LogP contribution in [0, 0.1) is 13.8 Å². The third-order valence-electron chi connectivity index (χ3n) is 5.01. The smallest absolute Gasteiger partial charge is 0.410 e. The quantitative estimate of drug-likeness (QED) is 0.762. The Kier molecular flexibility index (Phi) is 6.83. The van der Waals surface area contributed by atoms with Crippen LogP contribution in [0.3, 0.4) is 0 Å². The highest BCUT2D eigenvalue weighted by atomic mass is 16.6. The van der Waals surface area contributed by atoms with Crippen molar-refractivity contribution in [2.75, 3.05) is 6.54 Å². The van der Waals surface area contributed by atoms with Crippen molar-refractivity contribution in [2.24, 2.45) is 0 Å². The summed E-state index contributed by atoms with van der Waals surface area (Å²) < 4.78 is 11.3. The molecule has 2 aromatic rings. The molecule has 0 radical (unpaired) electrons. The van der Waals surface area contributed by atoms with Gasteiger partial charge in [-0.05, 0) is 70.2 Å². The molecule has 0 saturated carbocycles. The van der Waals surface area contributed by atoms with Gasteiger partial charge in [0.15, 0.2) is 0 Å². The number of hydrogen-bond donors (Lipinski definition) is 1. The van der Waals surface area contributed by atoms with Crippen molar-refractivity contribution in [3.05, 3.63) is 53.2 Å². The molecule has 1 aliphatic rings. The Labute approximate surface area is 183 Å². The summed E-state index contributed by atoms with van der Waals surface area (Å²) in [5.74, 6) is 1.09. The molecular weight excluding hydrogens is 394 g/mol. The van der Waals surface area contributed by atoms with Crippen LogP contribution in [-0.4, -0.2) is 40.1 Å². The zero-order valence-electron chi connectivity index (χ0n) is 18.9. The number of hydrogen-bond acceptors (Lipinski definition) is 5. The van der Waals surface area contributed by atoms with Crippen LogP contribution in [-0.2, 0) is 16.1 Å². The third-order valence-corrected chi connectivity index (χ3v) is 5.01. The molecule has 2 amide bonds. The summed E-state index contributed by atoms with van der Waals surface area (Å²) in [6.45, 7) is 10.3. The number of ether oxygens (including phenoxy) is 2. The van der Waals surface area contributed by atoms with E-state index < -0.39 is 17.7 Å². The minimum atomic E-state index is -0.590. The first-order valence-electron chi connectivity index (χ1n) is 10.6. The van der Waals surface area contributed by atoms with Crippen LogP contribution in [0.2, 0.25) is 0 Å². The van der Waals surface area contributed by atoms with Gasteiger partial charge >= 0.3 is 6.09 Å². The van der Waals surface area contributed by atoms with Gasteiger partial charge in [0.1, 0.15) is 17.4 Å². The number of likely N-dealkylation sites (tertiary alicyclic amines) is 1. The highest BCUT2D eigenvalue weighted by Crippen LogP contribution is 2.25. The van der Waals surface area contributed by atoms with Crippen molar-refractivity contribution in [3.63, 3.8) is 0 Å². The van der Waals surface area contributed by atoms with Crippen molar-refractivity contribution >= 4 is 12.0 Å². The van der Waals surface area contributed by atoms with Crippen LogP contribution in [0.15, 0.2) is 36.5 Å². The van der Waals surface area contributed by atoms with Crippen molar-refractivity contribution in [1.29, 1.82) is 0 Å². The summed E-state index contributed by atoms with van der Waals surface area (Å²) in [5, 5.41) is 2.91. The van der Waals surface area contributed by atoms with E-state index in [1.54, 1.807) is 12.3 Å². The van der Waals surface area contributed by atoms with Gasteiger partial charge in [-0.1, -0.05) is 18.2 Å². The molecular formula is C24H31N3O4. The molecule has 3 rings (SSSR count). The second-order valence-corrected chi connectivity index (χ2v) is 8.93. The van der Waals surface area contributed by atoms with Gasteiger partial charge in [0.25, 0.3) is 0 Å². The number of nitrogens with one attached hydrogen (secondary N) is 1. The van der Waals surface area contributed by atoms with Crippen LogP contribution in [0.4, 0.5) is 4.79 Å². The van der Waals surface area contributed by atoms with E-state index in [0.29, 0.717) is 25.4 Å². The Bertz CT molecular complexity index is 935. The molecule has 1 N–H and O–H groups in total. The summed E-state index contributed by atoms with van der Waals surface area (Å²) in [6, 6.07) is 9.17. The number of aryl methyl sites for hydroxylation is 2. The lowest BCUT2D eigenvalue weighted by molar-refractivity contribution is -0.125. The van der Waals surface area contributed by atoms with Crippen molar-refractivity contribution in [2.45, 2.75) is 65.6 Å². The maximum Gasteiger partial charge on any atom is 0.410 e. The molecule has 0 unspecified atom stereocenters. The van der Waals surface area contributed by atoms with Gasteiger partial charge in [-0.3, -0.25) is 9.69 Å². The van der Waals surface area contributed by atoms with Crippen LogP contribution in [0.1, 0.15) is 50.3 Å². The SMILES string of the molecule is Cc1ccc(C)c(Oc2ccc(CNC(=O)[C@@H]3CCCN3C(=O)OC(C)(C)C)cn2)c1. The first kappa shape index (κ1) is 22.6. The monoisotopic (exact) mass is 425 g/mol. The van der Waals surface area contributed by atoms with E-state index in [0.717, 1.165) is 28.9 Å². The highest BCUT2D eigenvalue weighted by Gasteiger charge is 2.36. The van der Waals surface area contributed by atoms with E-state index >= 15 is 0 Å². The fourth-order valence-electron chi connectivity index (χ4n) is 3.39. The second-order valence-electron chi connectivity index (χ2n) is 8.93. The lowest BCUT2D eigenvalue weighted by Gasteiger charge is -2.28. The molecule has 7 heteroatoms. The average molecular weight is 426 g/mol. The molecule has 31 heavy (non-hydrogen) atoms. The number of amides is 2. The van der Waals surface area contributed by atoms with Crippen molar-refractivity contribution in [3.8, 4) is 11.6 Å². The maximum atomic E-state index is 12.7. The van der Waals surface area contributed by atoms with Crippen LogP contribution in [0.25, 0.3) is 0 Å². The van der Waals surface area contributed by atoms with E-state index in [1.165, 1.54) is 4.90 Å². The molecule has 0 aliphatic carbocycles. The number of benzene rings is 1. The van der Waals surface area contributed by atoms with E-state index in [4.69, 9.17) is 9.47 Å². The van der Waals surface area contributed by atoms with Gasteiger partial charge < -0.3 is 14.8 Å². The number of carbonyl (C=O) groups excluding carboxylic acids is 2. The topological polar surface area (TPSA) is 80.8 Å². The molecule has 1 aromatic carbocycles. The minimum Gasteiger partial charge on any atom is -0.444 e. The van der Waals surface area contributed by atoms with Gasteiger partial charge in [0.2, 0.25) is 11.8 Å². The number of carbonyl (C=O) groups is 2. The zero-order valence-corrected chi connectivity index (χ0v) is 18.9. The fourth-order valence-corrected chi connectivity index (χ4v) is 3.39. The molecule has 1 aliphatic heterocycles. The first-order valence-corrected chi connectivity index (χ1v) is 10.6. The van der Waals surface area contributed by atoms with Crippen LogP contribution < -0.4 is 10.1 Å². The maximum absolute atomic E-state index is 12.7. The second kappa shape index (κ2) is 9.37. The number of rotatable bonds is 5. The molecule has 7 nitrogen and oxygen atoms in total. The Morgan fingerprint density at radius 3 is 2.65 bits per heavy atom. The Hall–Kier alpha value is -3.09. The lowest BCUT2D eigenvalue weighted by atomic mass is 10.1. The number of nitrogens with zero attached hydrogens (tertiary/aromatic N) is 2. The standard InChI is InChI=1S/C24H31N3O4/c1-16-8-9-17(2)20(13-16)30-21-11-10-18(14-25-21)15-26-22(28)19-7-6-12-27(19)23(29)31-24(3,4)5/h8-11,13-14,19H,6-7,12,15H2,1-5H3,(H,26,28)/t19-/m0/s1. The summed E-state index contributed by atoms with van der Waals surface area (Å²) in [4.78, 5) is 30.9. The summed E-state index contributed by atoms with van der Waals surface area (Å²) >= 11 is 0. The predicted octanol–water partition coefficient (Wildman–Crippen LogP) is 4.51.